The molecule has 0 aromatic carbocycles. The van der Waals surface area contributed by atoms with E-state index in [4.69, 9.17) is 0 Å². The highest BCUT2D eigenvalue weighted by Gasteiger charge is 2.18. The van der Waals surface area contributed by atoms with Gasteiger partial charge in [0.25, 0.3) is 0 Å². The van der Waals surface area contributed by atoms with Crippen LogP contribution in [0, 0.1) is 5.92 Å². The summed E-state index contributed by atoms with van der Waals surface area (Å²) in [6.07, 6.45) is 0.380. The summed E-state index contributed by atoms with van der Waals surface area (Å²) in [7, 11) is 0. The molecule has 0 aromatic heterocycles. The van der Waals surface area contributed by atoms with Gasteiger partial charge >= 0.3 is 0 Å². The fraction of sp³-hybridized carbons (Fsp3) is 1.00. The van der Waals surface area contributed by atoms with Crippen LogP contribution in [0.2, 0.25) is 0 Å². The molecule has 1 rings (SSSR count). The number of hydrogen-bond acceptors (Lipinski definition) is 1. The van der Waals surface area contributed by atoms with E-state index in [0.29, 0.717) is 6.54 Å². The van der Waals surface area contributed by atoms with Gasteiger partial charge in [0.1, 0.15) is 6.17 Å². The third-order valence-electron chi connectivity index (χ3n) is 1.73. The smallest absolute Gasteiger partial charge is 0.115 e. The van der Waals surface area contributed by atoms with Crippen molar-refractivity contribution in [1.29, 1.82) is 0 Å². The molecule has 0 bridgehead atoms. The molecule has 1 heterocycles. The fourth-order valence-electron chi connectivity index (χ4n) is 0.952. The zero-order valence-corrected chi connectivity index (χ0v) is 5.15. The molecule has 1 nitrogen and oxygen atoms in total. The van der Waals surface area contributed by atoms with Crippen LogP contribution in [0.25, 0.3) is 0 Å². The number of rotatable bonds is 0. The molecule has 0 spiro atoms. The molecule has 1 N–H and O–H groups in total. The maximum Gasteiger partial charge on any atom is 0.115 e. The molecular weight excluding hydrogens is 105 g/mol. The molecule has 1 aliphatic rings. The van der Waals surface area contributed by atoms with Crippen molar-refractivity contribution in [3.05, 3.63) is 0 Å². The first kappa shape index (κ1) is 6.02. The van der Waals surface area contributed by atoms with Gasteiger partial charge in [-0.2, -0.15) is 0 Å². The van der Waals surface area contributed by atoms with Gasteiger partial charge in [0.05, 0.1) is 0 Å². The highest BCUT2D eigenvalue weighted by Crippen LogP contribution is 2.13. The lowest BCUT2D eigenvalue weighted by molar-refractivity contribution is 0.194. The summed E-state index contributed by atoms with van der Waals surface area (Å²) in [5, 5.41) is 2.99. The van der Waals surface area contributed by atoms with Crippen molar-refractivity contribution in [3.63, 3.8) is 0 Å². The molecule has 0 aromatic rings. The highest BCUT2D eigenvalue weighted by atomic mass is 19.1. The molecule has 0 amide bonds. The number of alkyl halides is 1. The minimum absolute atomic E-state index is 0.274. The standard InChI is InChI=1S/C6H12FN/c1-5-2-3-8-4-6(5)7/h5-6,8H,2-4H2,1H3/t5-,6-/m0/s1. The average molecular weight is 117 g/mol. The van der Waals surface area contributed by atoms with Crippen molar-refractivity contribution in [2.24, 2.45) is 5.92 Å². The molecule has 1 fully saturated rings. The third-order valence-corrected chi connectivity index (χ3v) is 1.73. The van der Waals surface area contributed by atoms with E-state index < -0.39 is 6.17 Å². The van der Waals surface area contributed by atoms with Crippen molar-refractivity contribution < 1.29 is 4.39 Å². The molecule has 0 saturated carbocycles. The summed E-state index contributed by atoms with van der Waals surface area (Å²) >= 11 is 0. The summed E-state index contributed by atoms with van der Waals surface area (Å²) < 4.78 is 12.5. The van der Waals surface area contributed by atoms with E-state index in [1.807, 2.05) is 6.92 Å². The van der Waals surface area contributed by atoms with Crippen LogP contribution < -0.4 is 5.32 Å². The first-order valence-electron chi connectivity index (χ1n) is 3.15. The van der Waals surface area contributed by atoms with Crippen molar-refractivity contribution in [3.8, 4) is 0 Å². The molecule has 8 heavy (non-hydrogen) atoms. The lowest BCUT2D eigenvalue weighted by Gasteiger charge is -2.22. The number of halogens is 1. The van der Waals surface area contributed by atoms with Gasteiger partial charge in [0.2, 0.25) is 0 Å². The van der Waals surface area contributed by atoms with E-state index >= 15 is 0 Å². The lowest BCUT2D eigenvalue weighted by atomic mass is 9.99. The van der Waals surface area contributed by atoms with Gasteiger partial charge in [-0.25, -0.2) is 4.39 Å². The zero-order chi connectivity index (χ0) is 5.98. The lowest BCUT2D eigenvalue weighted by Crippen LogP contribution is -2.36. The topological polar surface area (TPSA) is 12.0 Å². The SMILES string of the molecule is C[C@H]1CCNC[C@@H]1F. The first-order valence-corrected chi connectivity index (χ1v) is 3.15. The van der Waals surface area contributed by atoms with Gasteiger partial charge in [-0.3, -0.25) is 0 Å². The molecule has 2 heteroatoms. The van der Waals surface area contributed by atoms with Crippen molar-refractivity contribution >= 4 is 0 Å². The number of nitrogens with one attached hydrogen (secondary N) is 1. The Labute approximate surface area is 49.3 Å². The summed E-state index contributed by atoms with van der Waals surface area (Å²) in [6, 6.07) is 0. The quantitative estimate of drug-likeness (QED) is 0.498. The van der Waals surface area contributed by atoms with Gasteiger partial charge in [0.15, 0.2) is 0 Å². The predicted octanol–water partition coefficient (Wildman–Crippen LogP) is 0.954. The predicted molar refractivity (Wildman–Crippen MR) is 31.5 cm³/mol. The van der Waals surface area contributed by atoms with Crippen LogP contribution in [0.3, 0.4) is 0 Å². The Morgan fingerprint density at radius 3 is 2.75 bits per heavy atom. The van der Waals surface area contributed by atoms with E-state index in [1.165, 1.54) is 0 Å². The fourth-order valence-corrected chi connectivity index (χ4v) is 0.952. The van der Waals surface area contributed by atoms with Crippen molar-refractivity contribution in [2.75, 3.05) is 13.1 Å². The van der Waals surface area contributed by atoms with Crippen LogP contribution in [-0.4, -0.2) is 19.3 Å². The normalized spacial score (nSPS) is 39.8. The molecule has 1 aliphatic heterocycles. The second-order valence-corrected chi connectivity index (χ2v) is 2.49. The Bertz CT molecular complexity index is 64.9. The van der Waals surface area contributed by atoms with Gasteiger partial charge in [-0.05, 0) is 18.9 Å². The van der Waals surface area contributed by atoms with Crippen LogP contribution in [-0.2, 0) is 0 Å². The third kappa shape index (κ3) is 1.19. The van der Waals surface area contributed by atoms with Crippen LogP contribution in [0.15, 0.2) is 0 Å². The monoisotopic (exact) mass is 117 g/mol. The van der Waals surface area contributed by atoms with Gasteiger partial charge < -0.3 is 5.32 Å². The van der Waals surface area contributed by atoms with E-state index in [2.05, 4.69) is 5.32 Å². The van der Waals surface area contributed by atoms with Crippen molar-refractivity contribution in [2.45, 2.75) is 19.5 Å². The summed E-state index contributed by atoms with van der Waals surface area (Å²) in [5.74, 6) is 0.274. The van der Waals surface area contributed by atoms with Crippen molar-refractivity contribution in [1.82, 2.24) is 5.32 Å². The minimum Gasteiger partial charge on any atom is -0.314 e. The van der Waals surface area contributed by atoms with E-state index in [1.54, 1.807) is 0 Å². The largest absolute Gasteiger partial charge is 0.314 e. The van der Waals surface area contributed by atoms with Crippen LogP contribution >= 0.6 is 0 Å². The molecule has 1 saturated heterocycles. The van der Waals surface area contributed by atoms with E-state index in [9.17, 15) is 4.39 Å². The average Bonchev–Trinajstić information content (AvgIpc) is 1.77. The number of piperidine rings is 1. The van der Waals surface area contributed by atoms with Crippen LogP contribution in [0.5, 0.6) is 0 Å². The van der Waals surface area contributed by atoms with Crippen LogP contribution in [0.1, 0.15) is 13.3 Å². The Hall–Kier alpha value is -0.110. The molecule has 0 unspecified atom stereocenters. The second kappa shape index (κ2) is 2.44. The summed E-state index contributed by atoms with van der Waals surface area (Å²) in [4.78, 5) is 0. The Kier molecular flexibility index (Phi) is 1.84. The molecule has 2 atom stereocenters. The maximum atomic E-state index is 12.5. The zero-order valence-electron chi connectivity index (χ0n) is 5.15. The van der Waals surface area contributed by atoms with Gasteiger partial charge in [-0.1, -0.05) is 6.92 Å². The minimum atomic E-state index is -0.608. The van der Waals surface area contributed by atoms with E-state index in [-0.39, 0.29) is 5.92 Å². The second-order valence-electron chi connectivity index (χ2n) is 2.49. The summed E-state index contributed by atoms with van der Waals surface area (Å²) in [5.41, 5.74) is 0. The van der Waals surface area contributed by atoms with Crippen LogP contribution in [0.4, 0.5) is 4.39 Å². The summed E-state index contributed by atoms with van der Waals surface area (Å²) in [6.45, 7) is 3.51. The van der Waals surface area contributed by atoms with E-state index in [0.717, 1.165) is 13.0 Å². The Balaban J connectivity index is 2.28. The maximum absolute atomic E-state index is 12.5. The molecule has 0 radical (unpaired) electrons. The number of hydrogen-bond donors (Lipinski definition) is 1. The molecule has 48 valence electrons. The highest BCUT2D eigenvalue weighted by molar-refractivity contribution is 4.73. The first-order chi connectivity index (χ1) is 3.80. The van der Waals surface area contributed by atoms with Gasteiger partial charge in [-0.15, -0.1) is 0 Å². The van der Waals surface area contributed by atoms with Gasteiger partial charge in [0, 0.05) is 6.54 Å². The molecule has 0 aliphatic carbocycles. The molecular formula is C6H12FN. The Morgan fingerprint density at radius 1 is 1.62 bits per heavy atom. The Morgan fingerprint density at radius 2 is 2.38 bits per heavy atom.